The van der Waals surface area contributed by atoms with Crippen LogP contribution in [0.2, 0.25) is 0 Å². The van der Waals surface area contributed by atoms with Crippen molar-refractivity contribution in [1.29, 1.82) is 0 Å². The van der Waals surface area contributed by atoms with Crippen LogP contribution >= 0.6 is 0 Å². The van der Waals surface area contributed by atoms with E-state index in [4.69, 9.17) is 4.74 Å². The van der Waals surface area contributed by atoms with Crippen LogP contribution in [0.25, 0.3) is 0 Å². The van der Waals surface area contributed by atoms with Crippen molar-refractivity contribution < 1.29 is 18.7 Å². The highest BCUT2D eigenvalue weighted by Crippen LogP contribution is 2.22. The van der Waals surface area contributed by atoms with E-state index in [-0.39, 0.29) is 36.0 Å². The standard InChI is InChI=1S/C15H19FN2O3/c1-10(9-21-2)18-8-11(7-14(18)19)15(20)17-13-5-3-12(16)4-6-13/h3-6,10-11H,7-9H2,1-2H3,(H,17,20). The Labute approximate surface area is 123 Å². The molecule has 1 aromatic carbocycles. The van der Waals surface area contributed by atoms with E-state index in [0.29, 0.717) is 18.8 Å². The second-order valence-electron chi connectivity index (χ2n) is 5.25. The topological polar surface area (TPSA) is 58.6 Å². The summed E-state index contributed by atoms with van der Waals surface area (Å²) in [5.41, 5.74) is 0.525. The molecule has 1 N–H and O–H groups in total. The highest BCUT2D eigenvalue weighted by molar-refractivity contribution is 5.97. The van der Waals surface area contributed by atoms with Gasteiger partial charge in [0.25, 0.3) is 0 Å². The van der Waals surface area contributed by atoms with Crippen LogP contribution in [0.1, 0.15) is 13.3 Å². The van der Waals surface area contributed by atoms with E-state index in [2.05, 4.69) is 5.32 Å². The summed E-state index contributed by atoms with van der Waals surface area (Å²) in [6, 6.07) is 5.50. The lowest BCUT2D eigenvalue weighted by molar-refractivity contribution is -0.130. The minimum Gasteiger partial charge on any atom is -0.383 e. The van der Waals surface area contributed by atoms with Crippen molar-refractivity contribution >= 4 is 17.5 Å². The van der Waals surface area contributed by atoms with Crippen molar-refractivity contribution in [3.63, 3.8) is 0 Å². The molecule has 0 spiro atoms. The smallest absolute Gasteiger partial charge is 0.229 e. The van der Waals surface area contributed by atoms with Gasteiger partial charge in [-0.3, -0.25) is 9.59 Å². The molecule has 0 bridgehead atoms. The van der Waals surface area contributed by atoms with Gasteiger partial charge in [-0.2, -0.15) is 0 Å². The molecule has 0 aromatic heterocycles. The summed E-state index contributed by atoms with van der Waals surface area (Å²) in [6.45, 7) is 2.72. The van der Waals surface area contributed by atoms with Gasteiger partial charge >= 0.3 is 0 Å². The number of carbonyl (C=O) groups is 2. The number of carbonyl (C=O) groups excluding carboxylic acids is 2. The van der Waals surface area contributed by atoms with Crippen LogP contribution < -0.4 is 5.32 Å². The van der Waals surface area contributed by atoms with Gasteiger partial charge in [-0.25, -0.2) is 4.39 Å². The first-order valence-corrected chi connectivity index (χ1v) is 6.86. The summed E-state index contributed by atoms with van der Waals surface area (Å²) in [5, 5.41) is 2.71. The fourth-order valence-electron chi connectivity index (χ4n) is 2.44. The largest absolute Gasteiger partial charge is 0.383 e. The monoisotopic (exact) mass is 294 g/mol. The molecule has 1 fully saturated rings. The molecule has 0 saturated carbocycles. The molecule has 2 unspecified atom stereocenters. The van der Waals surface area contributed by atoms with Crippen molar-refractivity contribution in [3.05, 3.63) is 30.1 Å². The zero-order valence-electron chi connectivity index (χ0n) is 12.1. The average Bonchev–Trinajstić information content (AvgIpc) is 2.84. The third-order valence-electron chi connectivity index (χ3n) is 3.58. The van der Waals surface area contributed by atoms with Gasteiger partial charge in [-0.15, -0.1) is 0 Å². The number of amides is 2. The van der Waals surface area contributed by atoms with Crippen molar-refractivity contribution in [2.45, 2.75) is 19.4 Å². The van der Waals surface area contributed by atoms with Gasteiger partial charge in [0.2, 0.25) is 11.8 Å². The fourth-order valence-corrected chi connectivity index (χ4v) is 2.44. The molecule has 1 aliphatic heterocycles. The Morgan fingerprint density at radius 3 is 2.76 bits per heavy atom. The van der Waals surface area contributed by atoms with Gasteiger partial charge in [-0.1, -0.05) is 0 Å². The highest BCUT2D eigenvalue weighted by atomic mass is 19.1. The van der Waals surface area contributed by atoms with Crippen molar-refractivity contribution in [1.82, 2.24) is 4.90 Å². The predicted octanol–water partition coefficient (Wildman–Crippen LogP) is 1.65. The van der Waals surface area contributed by atoms with Crippen molar-refractivity contribution in [2.75, 3.05) is 25.6 Å². The lowest BCUT2D eigenvalue weighted by atomic mass is 10.1. The third kappa shape index (κ3) is 3.78. The highest BCUT2D eigenvalue weighted by Gasteiger charge is 2.36. The van der Waals surface area contributed by atoms with E-state index in [9.17, 15) is 14.0 Å². The third-order valence-corrected chi connectivity index (χ3v) is 3.58. The second-order valence-corrected chi connectivity index (χ2v) is 5.25. The molecule has 114 valence electrons. The lowest BCUT2D eigenvalue weighted by Crippen LogP contribution is -2.38. The van der Waals surface area contributed by atoms with E-state index in [0.717, 1.165) is 0 Å². The second kappa shape index (κ2) is 6.67. The normalized spacial score (nSPS) is 19.7. The predicted molar refractivity (Wildman–Crippen MR) is 76.2 cm³/mol. The van der Waals surface area contributed by atoms with Gasteiger partial charge in [0.05, 0.1) is 18.6 Å². The number of nitrogens with one attached hydrogen (secondary N) is 1. The first kappa shape index (κ1) is 15.4. The summed E-state index contributed by atoms with van der Waals surface area (Å²) >= 11 is 0. The van der Waals surface area contributed by atoms with Gasteiger partial charge < -0.3 is 15.0 Å². The molecule has 0 aliphatic carbocycles. The molecule has 2 amide bonds. The molecule has 1 saturated heterocycles. The van der Waals surface area contributed by atoms with Crippen LogP contribution in [0.3, 0.4) is 0 Å². The van der Waals surface area contributed by atoms with Crippen LogP contribution in [-0.2, 0) is 14.3 Å². The Hall–Kier alpha value is -1.95. The summed E-state index contributed by atoms with van der Waals surface area (Å²) in [5.74, 6) is -1.01. The zero-order valence-corrected chi connectivity index (χ0v) is 12.1. The summed E-state index contributed by atoms with van der Waals surface area (Å²) in [6.07, 6.45) is 0.196. The van der Waals surface area contributed by atoms with E-state index in [1.807, 2.05) is 6.92 Å². The van der Waals surface area contributed by atoms with Crippen LogP contribution in [0.15, 0.2) is 24.3 Å². The van der Waals surface area contributed by atoms with Crippen LogP contribution in [-0.4, -0.2) is 43.0 Å². The van der Waals surface area contributed by atoms with Gasteiger partial charge in [0.1, 0.15) is 5.82 Å². The zero-order chi connectivity index (χ0) is 15.4. The van der Waals surface area contributed by atoms with Crippen molar-refractivity contribution in [3.8, 4) is 0 Å². The molecule has 6 heteroatoms. The number of methoxy groups -OCH3 is 1. The number of likely N-dealkylation sites (tertiary alicyclic amines) is 1. The average molecular weight is 294 g/mol. The van der Waals surface area contributed by atoms with Gasteiger partial charge in [0, 0.05) is 25.8 Å². The maximum atomic E-state index is 12.8. The lowest BCUT2D eigenvalue weighted by Gasteiger charge is -2.23. The maximum absolute atomic E-state index is 12.8. The first-order chi connectivity index (χ1) is 10.0. The van der Waals surface area contributed by atoms with Gasteiger partial charge in [-0.05, 0) is 31.2 Å². The molecule has 5 nitrogen and oxygen atoms in total. The number of anilines is 1. The summed E-state index contributed by atoms with van der Waals surface area (Å²) < 4.78 is 17.9. The molecule has 21 heavy (non-hydrogen) atoms. The number of benzene rings is 1. The number of hydrogen-bond donors (Lipinski definition) is 1. The molecule has 1 aliphatic rings. The SMILES string of the molecule is COCC(C)N1CC(C(=O)Nc2ccc(F)cc2)CC1=O. The Morgan fingerprint density at radius 2 is 2.14 bits per heavy atom. The first-order valence-electron chi connectivity index (χ1n) is 6.86. The van der Waals surface area contributed by atoms with Crippen LogP contribution in [0.4, 0.5) is 10.1 Å². The van der Waals surface area contributed by atoms with Crippen LogP contribution in [0.5, 0.6) is 0 Å². The minimum absolute atomic E-state index is 0.0428. The molecule has 2 atom stereocenters. The number of rotatable bonds is 5. The number of halogens is 1. The molecule has 2 rings (SSSR count). The quantitative estimate of drug-likeness (QED) is 0.898. The molecule has 0 radical (unpaired) electrons. The number of hydrogen-bond acceptors (Lipinski definition) is 3. The van der Waals surface area contributed by atoms with E-state index >= 15 is 0 Å². The maximum Gasteiger partial charge on any atom is 0.229 e. The molecular formula is C15H19FN2O3. The summed E-state index contributed by atoms with van der Waals surface area (Å²) in [7, 11) is 1.58. The van der Waals surface area contributed by atoms with Gasteiger partial charge in [0.15, 0.2) is 0 Å². The molecular weight excluding hydrogens is 275 g/mol. The van der Waals surface area contributed by atoms with E-state index in [1.54, 1.807) is 12.0 Å². The Bertz CT molecular complexity index is 518. The Balaban J connectivity index is 1.95. The van der Waals surface area contributed by atoms with Crippen LogP contribution in [0, 0.1) is 11.7 Å². The summed E-state index contributed by atoms with van der Waals surface area (Å²) in [4.78, 5) is 25.8. The minimum atomic E-state index is -0.387. The Kier molecular flexibility index (Phi) is 4.90. The number of nitrogens with zero attached hydrogens (tertiary/aromatic N) is 1. The molecule has 1 aromatic rings. The number of ether oxygens (including phenoxy) is 1. The van der Waals surface area contributed by atoms with E-state index < -0.39 is 0 Å². The van der Waals surface area contributed by atoms with E-state index in [1.165, 1.54) is 24.3 Å². The fraction of sp³-hybridized carbons (Fsp3) is 0.467. The molecule has 1 heterocycles. The van der Waals surface area contributed by atoms with Crippen molar-refractivity contribution in [2.24, 2.45) is 5.92 Å². The Morgan fingerprint density at radius 1 is 1.48 bits per heavy atom.